The molecule has 0 bridgehead atoms. The van der Waals surface area contributed by atoms with Gasteiger partial charge in [0.05, 0.1) is 0 Å². The second-order valence-electron chi connectivity index (χ2n) is 4.99. The van der Waals surface area contributed by atoms with Crippen LogP contribution < -0.4 is 10.6 Å². The zero-order valence-corrected chi connectivity index (χ0v) is 10.5. The summed E-state index contributed by atoms with van der Waals surface area (Å²) in [6.07, 6.45) is 8.57. The zero-order valence-electron chi connectivity index (χ0n) is 10.5. The molecule has 0 amide bonds. The standard InChI is InChI=1S/C13H28N2/c1-3-12(9-14-2)10-15-11-13-7-5-4-6-8-13/h12-15H,3-11H2,1-2H3. The van der Waals surface area contributed by atoms with Gasteiger partial charge in [-0.3, -0.25) is 0 Å². The highest BCUT2D eigenvalue weighted by Gasteiger charge is 2.13. The van der Waals surface area contributed by atoms with Crippen molar-refractivity contribution in [3.63, 3.8) is 0 Å². The van der Waals surface area contributed by atoms with Gasteiger partial charge in [0.2, 0.25) is 0 Å². The monoisotopic (exact) mass is 212 g/mol. The minimum absolute atomic E-state index is 0.804. The van der Waals surface area contributed by atoms with Gasteiger partial charge in [-0.25, -0.2) is 0 Å². The predicted octanol–water partition coefficient (Wildman–Crippen LogP) is 2.40. The first-order valence-corrected chi connectivity index (χ1v) is 6.72. The first kappa shape index (κ1) is 13.0. The molecule has 0 aromatic rings. The van der Waals surface area contributed by atoms with Crippen LogP contribution in [-0.4, -0.2) is 26.7 Å². The van der Waals surface area contributed by atoms with Crippen LogP contribution in [0.25, 0.3) is 0 Å². The van der Waals surface area contributed by atoms with Crippen LogP contribution in [0.15, 0.2) is 0 Å². The van der Waals surface area contributed by atoms with Gasteiger partial charge in [0, 0.05) is 0 Å². The molecule has 0 radical (unpaired) electrons. The lowest BCUT2D eigenvalue weighted by atomic mass is 9.89. The van der Waals surface area contributed by atoms with E-state index in [1.165, 1.54) is 51.6 Å². The highest BCUT2D eigenvalue weighted by molar-refractivity contribution is 4.70. The molecule has 0 aromatic carbocycles. The summed E-state index contributed by atoms with van der Waals surface area (Å²) in [4.78, 5) is 0. The molecule has 1 unspecified atom stereocenters. The van der Waals surface area contributed by atoms with Crippen molar-refractivity contribution in [2.45, 2.75) is 45.4 Å². The van der Waals surface area contributed by atoms with Gasteiger partial charge in [-0.1, -0.05) is 32.6 Å². The third-order valence-corrected chi connectivity index (χ3v) is 3.66. The smallest absolute Gasteiger partial charge is 0.000837 e. The van der Waals surface area contributed by atoms with E-state index < -0.39 is 0 Å². The maximum absolute atomic E-state index is 3.65. The van der Waals surface area contributed by atoms with E-state index in [9.17, 15) is 0 Å². The average Bonchev–Trinajstić information content (AvgIpc) is 2.29. The van der Waals surface area contributed by atoms with Crippen LogP contribution in [0.3, 0.4) is 0 Å². The van der Waals surface area contributed by atoms with Crippen LogP contribution in [-0.2, 0) is 0 Å². The molecule has 1 fully saturated rings. The van der Waals surface area contributed by atoms with E-state index in [-0.39, 0.29) is 0 Å². The maximum atomic E-state index is 3.65. The van der Waals surface area contributed by atoms with Crippen molar-refractivity contribution in [3.8, 4) is 0 Å². The molecule has 2 nitrogen and oxygen atoms in total. The molecule has 15 heavy (non-hydrogen) atoms. The molecule has 1 saturated carbocycles. The molecular weight excluding hydrogens is 184 g/mol. The second-order valence-corrected chi connectivity index (χ2v) is 4.99. The topological polar surface area (TPSA) is 24.1 Å². The normalized spacial score (nSPS) is 20.4. The third kappa shape index (κ3) is 5.53. The Kier molecular flexibility index (Phi) is 7.03. The molecule has 1 aliphatic rings. The molecule has 0 aromatic heterocycles. The van der Waals surface area contributed by atoms with Crippen LogP contribution >= 0.6 is 0 Å². The van der Waals surface area contributed by atoms with Gasteiger partial charge in [-0.2, -0.15) is 0 Å². The highest BCUT2D eigenvalue weighted by atomic mass is 14.9. The molecule has 1 aliphatic carbocycles. The molecule has 1 rings (SSSR count). The third-order valence-electron chi connectivity index (χ3n) is 3.66. The van der Waals surface area contributed by atoms with Crippen molar-refractivity contribution in [3.05, 3.63) is 0 Å². The van der Waals surface area contributed by atoms with Gasteiger partial charge in [0.25, 0.3) is 0 Å². The Morgan fingerprint density at radius 1 is 1.13 bits per heavy atom. The maximum Gasteiger partial charge on any atom is -0.000837 e. The molecule has 2 heteroatoms. The van der Waals surface area contributed by atoms with Crippen molar-refractivity contribution < 1.29 is 0 Å². The van der Waals surface area contributed by atoms with E-state index >= 15 is 0 Å². The molecule has 2 N–H and O–H groups in total. The summed E-state index contributed by atoms with van der Waals surface area (Å²) in [6, 6.07) is 0. The van der Waals surface area contributed by atoms with Crippen molar-refractivity contribution >= 4 is 0 Å². The Labute approximate surface area is 95.2 Å². The molecule has 0 spiro atoms. The van der Waals surface area contributed by atoms with Gasteiger partial charge in [0.15, 0.2) is 0 Å². The summed E-state index contributed by atoms with van der Waals surface area (Å²) in [5.74, 6) is 1.77. The van der Waals surface area contributed by atoms with Gasteiger partial charge in [-0.05, 0) is 51.4 Å². The van der Waals surface area contributed by atoms with Crippen molar-refractivity contribution in [1.82, 2.24) is 10.6 Å². The molecule has 90 valence electrons. The van der Waals surface area contributed by atoms with Gasteiger partial charge >= 0.3 is 0 Å². The number of rotatable bonds is 7. The van der Waals surface area contributed by atoms with Crippen molar-refractivity contribution in [2.24, 2.45) is 11.8 Å². The lowest BCUT2D eigenvalue weighted by Crippen LogP contribution is -2.32. The fraction of sp³-hybridized carbons (Fsp3) is 1.00. The van der Waals surface area contributed by atoms with E-state index in [0.29, 0.717) is 0 Å². The van der Waals surface area contributed by atoms with Gasteiger partial charge in [-0.15, -0.1) is 0 Å². The minimum Gasteiger partial charge on any atom is -0.319 e. The number of nitrogens with one attached hydrogen (secondary N) is 2. The van der Waals surface area contributed by atoms with Crippen LogP contribution in [0.1, 0.15) is 45.4 Å². The predicted molar refractivity (Wildman–Crippen MR) is 67.2 cm³/mol. The lowest BCUT2D eigenvalue weighted by Gasteiger charge is -2.23. The Morgan fingerprint density at radius 3 is 2.47 bits per heavy atom. The van der Waals surface area contributed by atoms with Gasteiger partial charge in [0.1, 0.15) is 0 Å². The summed E-state index contributed by atoms with van der Waals surface area (Å²) in [7, 11) is 2.05. The molecular formula is C13H28N2. The summed E-state index contributed by atoms with van der Waals surface area (Å²) in [6.45, 7) is 5.87. The van der Waals surface area contributed by atoms with E-state index in [4.69, 9.17) is 0 Å². The minimum atomic E-state index is 0.804. The number of hydrogen-bond acceptors (Lipinski definition) is 2. The fourth-order valence-electron chi connectivity index (χ4n) is 2.53. The van der Waals surface area contributed by atoms with E-state index in [1.54, 1.807) is 0 Å². The zero-order chi connectivity index (χ0) is 10.9. The van der Waals surface area contributed by atoms with E-state index in [1.807, 2.05) is 7.05 Å². The summed E-state index contributed by atoms with van der Waals surface area (Å²) in [5.41, 5.74) is 0. The Balaban J connectivity index is 2.03. The molecule has 1 atom stereocenters. The average molecular weight is 212 g/mol. The largest absolute Gasteiger partial charge is 0.319 e. The van der Waals surface area contributed by atoms with Crippen molar-refractivity contribution in [1.29, 1.82) is 0 Å². The summed E-state index contributed by atoms with van der Waals surface area (Å²) in [5, 5.41) is 6.92. The lowest BCUT2D eigenvalue weighted by molar-refractivity contribution is 0.329. The second kappa shape index (κ2) is 8.12. The van der Waals surface area contributed by atoms with Crippen molar-refractivity contribution in [2.75, 3.05) is 26.7 Å². The summed E-state index contributed by atoms with van der Waals surface area (Å²) >= 11 is 0. The van der Waals surface area contributed by atoms with Gasteiger partial charge < -0.3 is 10.6 Å². The molecule has 0 heterocycles. The SMILES string of the molecule is CCC(CNC)CNCC1CCCCC1. The van der Waals surface area contributed by atoms with E-state index in [2.05, 4.69) is 17.6 Å². The Morgan fingerprint density at radius 2 is 1.87 bits per heavy atom. The summed E-state index contributed by atoms with van der Waals surface area (Å²) < 4.78 is 0. The van der Waals surface area contributed by atoms with Crippen LogP contribution in [0.4, 0.5) is 0 Å². The quantitative estimate of drug-likeness (QED) is 0.677. The Hall–Kier alpha value is -0.0800. The van der Waals surface area contributed by atoms with Crippen LogP contribution in [0, 0.1) is 11.8 Å². The van der Waals surface area contributed by atoms with E-state index in [0.717, 1.165) is 18.4 Å². The Bertz CT molecular complexity index is 137. The highest BCUT2D eigenvalue weighted by Crippen LogP contribution is 2.22. The molecule has 0 saturated heterocycles. The number of hydrogen-bond donors (Lipinski definition) is 2. The first-order valence-electron chi connectivity index (χ1n) is 6.72. The molecule has 0 aliphatic heterocycles. The fourth-order valence-corrected chi connectivity index (χ4v) is 2.53. The van der Waals surface area contributed by atoms with Crippen LogP contribution in [0.2, 0.25) is 0 Å². The first-order chi connectivity index (χ1) is 7.36. The van der Waals surface area contributed by atoms with Crippen LogP contribution in [0.5, 0.6) is 0 Å².